The third-order valence-electron chi connectivity index (χ3n) is 12.3. The average Bonchev–Trinajstić information content (AvgIpc) is 3.31. The molecule has 0 aromatic rings. The van der Waals surface area contributed by atoms with Gasteiger partial charge in [0, 0.05) is 19.3 Å². The zero-order valence-corrected chi connectivity index (χ0v) is 43.7. The monoisotopic (exact) mass is 923 g/mol. The summed E-state index contributed by atoms with van der Waals surface area (Å²) in [5, 5.41) is 0. The SMILES string of the molecule is CC/C=C\C/C=C\C/C=C\C/C=C\C/C=C\CCCCCCCC(=O)OCC(COC(=O)CCCCCCCCCCCCCCC)OC(=O)CCCCCCCCCCCCCCCC. The number of hydrogen-bond acceptors (Lipinski definition) is 6. The van der Waals surface area contributed by atoms with Gasteiger partial charge >= 0.3 is 17.9 Å². The minimum Gasteiger partial charge on any atom is -0.462 e. The molecule has 6 nitrogen and oxygen atoms in total. The summed E-state index contributed by atoms with van der Waals surface area (Å²) in [6.45, 7) is 6.53. The summed E-state index contributed by atoms with van der Waals surface area (Å²) in [5.41, 5.74) is 0. The molecule has 6 heteroatoms. The quantitative estimate of drug-likeness (QED) is 0.0262. The molecule has 1 atom stereocenters. The summed E-state index contributed by atoms with van der Waals surface area (Å²) in [4.78, 5) is 38.1. The second kappa shape index (κ2) is 54.7. The van der Waals surface area contributed by atoms with Gasteiger partial charge in [0.2, 0.25) is 0 Å². The molecule has 0 amide bonds. The van der Waals surface area contributed by atoms with Crippen LogP contribution in [0.3, 0.4) is 0 Å². The number of esters is 3. The van der Waals surface area contributed by atoms with E-state index in [0.29, 0.717) is 19.3 Å². The van der Waals surface area contributed by atoms with Gasteiger partial charge in [0.25, 0.3) is 0 Å². The standard InChI is InChI=1S/C60H106O6/c1-4-7-10-13-16-19-22-25-27-28-29-30-31-32-33-36-38-41-44-47-50-53-59(62)65-56-57(55-64-58(61)52-49-46-43-40-37-34-24-21-18-15-12-9-6-3)66-60(63)54-51-48-45-42-39-35-26-23-20-17-14-11-8-5-2/h7,10,16,19,25,27,29-30,32-33,57H,4-6,8-9,11-15,17-18,20-24,26,28,31,34-56H2,1-3H3/b10-7-,19-16-,27-25-,30-29-,33-32-. The van der Waals surface area contributed by atoms with Crippen molar-refractivity contribution in [3.8, 4) is 0 Å². The minimum atomic E-state index is -0.778. The van der Waals surface area contributed by atoms with Crippen LogP contribution in [0.2, 0.25) is 0 Å². The van der Waals surface area contributed by atoms with E-state index in [1.807, 2.05) is 0 Å². The Bertz CT molecular complexity index is 1200. The molecule has 0 saturated heterocycles. The highest BCUT2D eigenvalue weighted by Crippen LogP contribution is 2.16. The molecule has 1 unspecified atom stereocenters. The van der Waals surface area contributed by atoms with Gasteiger partial charge in [-0.15, -0.1) is 0 Å². The van der Waals surface area contributed by atoms with E-state index in [0.717, 1.165) is 109 Å². The van der Waals surface area contributed by atoms with Gasteiger partial charge in [-0.1, -0.05) is 261 Å². The van der Waals surface area contributed by atoms with Gasteiger partial charge in [0.15, 0.2) is 6.10 Å². The summed E-state index contributed by atoms with van der Waals surface area (Å²) in [7, 11) is 0. The Balaban J connectivity index is 4.36. The van der Waals surface area contributed by atoms with E-state index in [1.54, 1.807) is 0 Å². The summed E-state index contributed by atoms with van der Waals surface area (Å²) in [6, 6.07) is 0. The fourth-order valence-corrected chi connectivity index (χ4v) is 8.06. The summed E-state index contributed by atoms with van der Waals surface area (Å²) >= 11 is 0. The number of rotatable bonds is 51. The van der Waals surface area contributed by atoms with Crippen LogP contribution in [0.5, 0.6) is 0 Å². The maximum Gasteiger partial charge on any atom is 0.306 e. The van der Waals surface area contributed by atoms with Gasteiger partial charge in [0.05, 0.1) is 0 Å². The van der Waals surface area contributed by atoms with Crippen molar-refractivity contribution >= 4 is 17.9 Å². The van der Waals surface area contributed by atoms with Gasteiger partial charge in [-0.3, -0.25) is 14.4 Å². The van der Waals surface area contributed by atoms with Gasteiger partial charge in [-0.05, 0) is 64.2 Å². The third kappa shape index (κ3) is 52.1. The zero-order chi connectivity index (χ0) is 47.9. The van der Waals surface area contributed by atoms with Crippen molar-refractivity contribution in [1.29, 1.82) is 0 Å². The molecule has 382 valence electrons. The highest BCUT2D eigenvalue weighted by Gasteiger charge is 2.19. The van der Waals surface area contributed by atoms with Crippen molar-refractivity contribution in [2.24, 2.45) is 0 Å². The van der Waals surface area contributed by atoms with Crippen molar-refractivity contribution in [2.75, 3.05) is 13.2 Å². The van der Waals surface area contributed by atoms with Gasteiger partial charge in [0.1, 0.15) is 13.2 Å². The topological polar surface area (TPSA) is 78.9 Å². The van der Waals surface area contributed by atoms with Gasteiger partial charge in [-0.2, -0.15) is 0 Å². The van der Waals surface area contributed by atoms with E-state index in [9.17, 15) is 14.4 Å². The molecule has 66 heavy (non-hydrogen) atoms. The Morgan fingerprint density at radius 2 is 0.591 bits per heavy atom. The molecule has 0 radical (unpaired) electrons. The molecule has 0 aromatic carbocycles. The van der Waals surface area contributed by atoms with Crippen molar-refractivity contribution < 1.29 is 28.6 Å². The first-order valence-electron chi connectivity index (χ1n) is 28.3. The van der Waals surface area contributed by atoms with Gasteiger partial charge < -0.3 is 14.2 Å². The van der Waals surface area contributed by atoms with Crippen molar-refractivity contribution in [3.63, 3.8) is 0 Å². The lowest BCUT2D eigenvalue weighted by atomic mass is 10.0. The molecule has 0 fully saturated rings. The van der Waals surface area contributed by atoms with Crippen LogP contribution in [0.15, 0.2) is 60.8 Å². The molecule has 0 heterocycles. The fourth-order valence-electron chi connectivity index (χ4n) is 8.06. The molecular formula is C60H106O6. The highest BCUT2D eigenvalue weighted by molar-refractivity contribution is 5.71. The van der Waals surface area contributed by atoms with Crippen molar-refractivity contribution in [2.45, 2.75) is 290 Å². The van der Waals surface area contributed by atoms with E-state index in [1.165, 1.54) is 135 Å². The number of hydrogen-bond donors (Lipinski definition) is 0. The van der Waals surface area contributed by atoms with Crippen molar-refractivity contribution in [3.05, 3.63) is 60.8 Å². The van der Waals surface area contributed by atoms with Crippen LogP contribution in [0.1, 0.15) is 284 Å². The molecular weight excluding hydrogens is 817 g/mol. The van der Waals surface area contributed by atoms with E-state index >= 15 is 0 Å². The lowest BCUT2D eigenvalue weighted by Crippen LogP contribution is -2.30. The van der Waals surface area contributed by atoms with Crippen LogP contribution in [0, 0.1) is 0 Å². The first-order valence-corrected chi connectivity index (χ1v) is 28.3. The summed E-state index contributed by atoms with van der Waals surface area (Å²) in [6.07, 6.45) is 67.7. The normalized spacial score (nSPS) is 12.5. The Labute approximate surface area is 409 Å². The first-order chi connectivity index (χ1) is 32.5. The predicted octanol–water partition coefficient (Wildman–Crippen LogP) is 18.8. The van der Waals surface area contributed by atoms with Crippen LogP contribution in [0.4, 0.5) is 0 Å². The fraction of sp³-hybridized carbons (Fsp3) is 0.783. The van der Waals surface area contributed by atoms with Crippen LogP contribution in [-0.2, 0) is 28.6 Å². The molecule has 0 saturated carbocycles. The lowest BCUT2D eigenvalue weighted by Gasteiger charge is -2.18. The van der Waals surface area contributed by atoms with E-state index in [4.69, 9.17) is 14.2 Å². The predicted molar refractivity (Wildman–Crippen MR) is 284 cm³/mol. The number of ether oxygens (including phenoxy) is 3. The average molecular weight is 924 g/mol. The maximum atomic E-state index is 12.8. The Morgan fingerprint density at radius 3 is 0.924 bits per heavy atom. The van der Waals surface area contributed by atoms with Crippen LogP contribution >= 0.6 is 0 Å². The Hall–Kier alpha value is -2.89. The number of allylic oxidation sites excluding steroid dienone is 10. The summed E-state index contributed by atoms with van der Waals surface area (Å²) in [5.74, 6) is -0.883. The molecule has 0 bridgehead atoms. The highest BCUT2D eigenvalue weighted by atomic mass is 16.6. The molecule has 0 aliphatic carbocycles. The number of carbonyl (C=O) groups is 3. The lowest BCUT2D eigenvalue weighted by molar-refractivity contribution is -0.167. The molecule has 0 aromatic heterocycles. The molecule has 0 aliphatic rings. The maximum absolute atomic E-state index is 12.8. The van der Waals surface area contributed by atoms with Crippen LogP contribution in [0.25, 0.3) is 0 Å². The number of carbonyl (C=O) groups excluding carboxylic acids is 3. The Kier molecular flexibility index (Phi) is 52.3. The van der Waals surface area contributed by atoms with Gasteiger partial charge in [-0.25, -0.2) is 0 Å². The van der Waals surface area contributed by atoms with E-state index in [-0.39, 0.29) is 31.1 Å². The first kappa shape index (κ1) is 63.1. The molecule has 0 rings (SSSR count). The third-order valence-corrected chi connectivity index (χ3v) is 12.3. The largest absolute Gasteiger partial charge is 0.462 e. The smallest absolute Gasteiger partial charge is 0.306 e. The molecule has 0 spiro atoms. The van der Waals surface area contributed by atoms with E-state index < -0.39 is 6.10 Å². The molecule has 0 aliphatic heterocycles. The summed E-state index contributed by atoms with van der Waals surface area (Å²) < 4.78 is 16.8. The second-order valence-corrected chi connectivity index (χ2v) is 18.8. The van der Waals surface area contributed by atoms with E-state index in [2.05, 4.69) is 81.5 Å². The van der Waals surface area contributed by atoms with Crippen LogP contribution in [-0.4, -0.2) is 37.2 Å². The number of unbranched alkanes of at least 4 members (excludes halogenated alkanes) is 30. The van der Waals surface area contributed by atoms with Crippen LogP contribution < -0.4 is 0 Å². The molecule has 0 N–H and O–H groups in total. The Morgan fingerprint density at radius 1 is 0.318 bits per heavy atom. The minimum absolute atomic E-state index is 0.0765. The second-order valence-electron chi connectivity index (χ2n) is 18.8. The van der Waals surface area contributed by atoms with Crippen molar-refractivity contribution in [1.82, 2.24) is 0 Å². The zero-order valence-electron chi connectivity index (χ0n) is 43.7.